The highest BCUT2D eigenvalue weighted by Crippen LogP contribution is 2.42. The minimum Gasteiger partial charge on any atom is -0.392 e. The molecule has 3 aliphatic heterocycles. The first-order valence-electron chi connectivity index (χ1n) is 13.8. The van der Waals surface area contributed by atoms with Gasteiger partial charge in [-0.25, -0.2) is 0 Å². The lowest BCUT2D eigenvalue weighted by Crippen LogP contribution is -2.48. The van der Waals surface area contributed by atoms with Gasteiger partial charge >= 0.3 is 0 Å². The van der Waals surface area contributed by atoms with E-state index in [0.717, 1.165) is 42.0 Å². The van der Waals surface area contributed by atoms with E-state index in [2.05, 4.69) is 34.2 Å². The van der Waals surface area contributed by atoms with Crippen LogP contribution in [0, 0.1) is 5.92 Å². The first-order chi connectivity index (χ1) is 18.0. The second kappa shape index (κ2) is 12.0. The summed E-state index contributed by atoms with van der Waals surface area (Å²) >= 11 is 0. The number of likely N-dealkylation sites (tertiary alicyclic amines) is 2. The minimum absolute atomic E-state index is 0.0236. The third-order valence-corrected chi connectivity index (χ3v) is 8.21. The van der Waals surface area contributed by atoms with Crippen molar-refractivity contribution in [1.29, 1.82) is 0 Å². The number of amides is 1. The Morgan fingerprint density at radius 1 is 0.946 bits per heavy atom. The number of rotatable bonds is 8. The van der Waals surface area contributed by atoms with Gasteiger partial charge in [0.15, 0.2) is 6.29 Å². The fourth-order valence-electron chi connectivity index (χ4n) is 6.09. The molecular formula is C30H41N3O4. The van der Waals surface area contributed by atoms with Crippen molar-refractivity contribution in [3.63, 3.8) is 0 Å². The van der Waals surface area contributed by atoms with Crippen LogP contribution >= 0.6 is 0 Å². The van der Waals surface area contributed by atoms with E-state index in [1.807, 2.05) is 36.4 Å². The molecule has 1 amide bonds. The molecule has 3 saturated heterocycles. The standard InChI is InChI=1S/C30H41N3O4/c1-21-28(19-33-17-5-6-27(33)18-32-15-3-4-16-32)36-30(25-11-13-26(14-12-25)31-22(2)35)37-29(21)24-9-7-23(20-34)8-10-24/h7-14,21,27-30,34H,3-6,15-20H2,1-2H3,(H,31,35)/t21-,27+,28+,29+,30+/m1/s1. The topological polar surface area (TPSA) is 74.3 Å². The van der Waals surface area contributed by atoms with Gasteiger partial charge in [0.2, 0.25) is 5.91 Å². The minimum atomic E-state index is -0.491. The van der Waals surface area contributed by atoms with Gasteiger partial charge in [0.05, 0.1) is 18.8 Å². The number of hydrogen-bond donors (Lipinski definition) is 2. The van der Waals surface area contributed by atoms with Gasteiger partial charge in [0.25, 0.3) is 0 Å². The highest BCUT2D eigenvalue weighted by atomic mass is 16.7. The number of carbonyl (C=O) groups is 1. The van der Waals surface area contributed by atoms with Crippen molar-refractivity contribution in [2.75, 3.05) is 38.0 Å². The van der Waals surface area contributed by atoms with Crippen LogP contribution in [0.3, 0.4) is 0 Å². The van der Waals surface area contributed by atoms with E-state index >= 15 is 0 Å². The molecule has 7 nitrogen and oxygen atoms in total. The fraction of sp³-hybridized carbons (Fsp3) is 0.567. The molecule has 7 heteroatoms. The fourth-order valence-corrected chi connectivity index (χ4v) is 6.09. The first-order valence-corrected chi connectivity index (χ1v) is 13.8. The van der Waals surface area contributed by atoms with E-state index in [0.29, 0.717) is 6.04 Å². The molecule has 3 aliphatic rings. The summed E-state index contributed by atoms with van der Waals surface area (Å²) in [6.45, 7) is 9.42. The summed E-state index contributed by atoms with van der Waals surface area (Å²) in [4.78, 5) is 16.7. The highest BCUT2D eigenvalue weighted by molar-refractivity contribution is 5.88. The Hall–Kier alpha value is -2.29. The van der Waals surface area contributed by atoms with E-state index in [-0.39, 0.29) is 30.6 Å². The molecule has 3 heterocycles. The maximum atomic E-state index is 11.4. The van der Waals surface area contributed by atoms with Crippen LogP contribution in [-0.4, -0.2) is 65.7 Å². The third-order valence-electron chi connectivity index (χ3n) is 8.21. The van der Waals surface area contributed by atoms with Crippen LogP contribution in [0.15, 0.2) is 48.5 Å². The van der Waals surface area contributed by atoms with Crippen LogP contribution in [0.2, 0.25) is 0 Å². The van der Waals surface area contributed by atoms with Crippen molar-refractivity contribution in [3.8, 4) is 0 Å². The molecule has 0 aromatic heterocycles. The Morgan fingerprint density at radius 2 is 1.65 bits per heavy atom. The molecule has 0 unspecified atom stereocenters. The summed E-state index contributed by atoms with van der Waals surface area (Å²) in [5.74, 6) is 0.0789. The molecule has 0 radical (unpaired) electrons. The monoisotopic (exact) mass is 507 g/mol. The van der Waals surface area contributed by atoms with E-state index < -0.39 is 6.29 Å². The van der Waals surface area contributed by atoms with Gasteiger partial charge in [0, 0.05) is 43.2 Å². The molecule has 0 spiro atoms. The van der Waals surface area contributed by atoms with E-state index in [1.54, 1.807) is 0 Å². The zero-order valence-electron chi connectivity index (χ0n) is 22.1. The molecule has 0 bridgehead atoms. The molecule has 2 aromatic rings. The van der Waals surface area contributed by atoms with Gasteiger partial charge < -0.3 is 24.8 Å². The Balaban J connectivity index is 1.35. The molecule has 2 aromatic carbocycles. The molecule has 5 atom stereocenters. The largest absolute Gasteiger partial charge is 0.392 e. The van der Waals surface area contributed by atoms with Crippen LogP contribution in [0.25, 0.3) is 0 Å². The maximum Gasteiger partial charge on any atom is 0.221 e. The normalized spacial score (nSPS) is 29.0. The maximum absolute atomic E-state index is 11.4. The number of carbonyl (C=O) groups excluding carboxylic acids is 1. The molecule has 37 heavy (non-hydrogen) atoms. The SMILES string of the molecule is CC(=O)Nc1ccc([C@H]2O[C@@H](CN3CCC[C@H]3CN3CCCC3)[C@@H](C)[C@@H](c3ccc(CO)cc3)O2)cc1. The van der Waals surface area contributed by atoms with E-state index in [9.17, 15) is 9.90 Å². The van der Waals surface area contributed by atoms with Gasteiger partial charge in [-0.05, 0) is 68.6 Å². The number of nitrogens with one attached hydrogen (secondary N) is 1. The van der Waals surface area contributed by atoms with Gasteiger partial charge in [0.1, 0.15) is 0 Å². The molecule has 0 saturated carbocycles. The zero-order valence-corrected chi connectivity index (χ0v) is 22.1. The Kier molecular flexibility index (Phi) is 8.57. The summed E-state index contributed by atoms with van der Waals surface area (Å²) in [5, 5.41) is 12.3. The quantitative estimate of drug-likeness (QED) is 0.549. The average molecular weight is 508 g/mol. The number of nitrogens with zero attached hydrogens (tertiary/aromatic N) is 2. The zero-order chi connectivity index (χ0) is 25.8. The molecular weight excluding hydrogens is 466 g/mol. The van der Waals surface area contributed by atoms with Crippen molar-refractivity contribution in [1.82, 2.24) is 9.80 Å². The predicted molar refractivity (Wildman–Crippen MR) is 144 cm³/mol. The first kappa shape index (κ1) is 26.3. The summed E-state index contributed by atoms with van der Waals surface area (Å²) in [5.41, 5.74) is 3.70. The smallest absolute Gasteiger partial charge is 0.221 e. The van der Waals surface area contributed by atoms with Gasteiger partial charge in [-0.3, -0.25) is 9.69 Å². The lowest BCUT2D eigenvalue weighted by Gasteiger charge is -2.43. The van der Waals surface area contributed by atoms with Gasteiger partial charge in [-0.15, -0.1) is 0 Å². The summed E-state index contributed by atoms with van der Waals surface area (Å²) < 4.78 is 13.3. The summed E-state index contributed by atoms with van der Waals surface area (Å²) in [7, 11) is 0. The van der Waals surface area contributed by atoms with Gasteiger partial charge in [-0.2, -0.15) is 0 Å². The lowest BCUT2D eigenvalue weighted by atomic mass is 9.90. The highest BCUT2D eigenvalue weighted by Gasteiger charge is 2.40. The summed E-state index contributed by atoms with van der Waals surface area (Å²) in [6.07, 6.45) is 4.57. The average Bonchev–Trinajstić information content (AvgIpc) is 3.58. The van der Waals surface area contributed by atoms with Crippen molar-refractivity contribution in [2.45, 2.75) is 70.7 Å². The number of aliphatic hydroxyl groups excluding tert-OH is 1. The van der Waals surface area contributed by atoms with Crippen LogP contribution in [0.4, 0.5) is 5.69 Å². The number of anilines is 1. The van der Waals surface area contributed by atoms with E-state index in [4.69, 9.17) is 9.47 Å². The molecule has 0 aliphatic carbocycles. The third kappa shape index (κ3) is 6.41. The Labute approximate surface area is 220 Å². The number of benzene rings is 2. The van der Waals surface area contributed by atoms with Crippen LogP contribution in [0.5, 0.6) is 0 Å². The second-order valence-corrected chi connectivity index (χ2v) is 10.9. The number of aliphatic hydroxyl groups is 1. The number of hydrogen-bond acceptors (Lipinski definition) is 6. The van der Waals surface area contributed by atoms with Crippen molar-refractivity contribution in [2.24, 2.45) is 5.92 Å². The molecule has 3 fully saturated rings. The van der Waals surface area contributed by atoms with E-state index in [1.165, 1.54) is 45.7 Å². The number of ether oxygens (including phenoxy) is 2. The van der Waals surface area contributed by atoms with Crippen LogP contribution in [-0.2, 0) is 20.9 Å². The van der Waals surface area contributed by atoms with Crippen molar-refractivity contribution >= 4 is 11.6 Å². The Bertz CT molecular complexity index is 1020. The van der Waals surface area contributed by atoms with Crippen molar-refractivity contribution in [3.05, 3.63) is 65.2 Å². The molecule has 5 rings (SSSR count). The van der Waals surface area contributed by atoms with Crippen LogP contribution in [0.1, 0.15) is 68.6 Å². The molecule has 2 N–H and O–H groups in total. The molecule has 200 valence electrons. The predicted octanol–water partition coefficient (Wildman–Crippen LogP) is 4.49. The second-order valence-electron chi connectivity index (χ2n) is 10.9. The Morgan fingerprint density at radius 3 is 2.32 bits per heavy atom. The van der Waals surface area contributed by atoms with Crippen molar-refractivity contribution < 1.29 is 19.4 Å². The van der Waals surface area contributed by atoms with Crippen LogP contribution < -0.4 is 5.32 Å². The van der Waals surface area contributed by atoms with Gasteiger partial charge in [-0.1, -0.05) is 43.3 Å². The lowest BCUT2D eigenvalue weighted by molar-refractivity contribution is -0.276. The summed E-state index contributed by atoms with van der Waals surface area (Å²) in [6, 6.07) is 16.4.